The molecular formula is C14H15N5O. The highest BCUT2D eigenvalue weighted by atomic mass is 16.5. The van der Waals surface area contributed by atoms with E-state index < -0.39 is 0 Å². The van der Waals surface area contributed by atoms with Gasteiger partial charge >= 0.3 is 0 Å². The highest BCUT2D eigenvalue weighted by molar-refractivity contribution is 5.63. The standard InChI is InChI=1S/C14H15N5O/c1-18(2)10-16-14-11(8-15)9-17-19(14)12-4-6-13(20-3)7-5-12/h4-7,9-10H,1-3H3. The van der Waals surface area contributed by atoms with Crippen molar-refractivity contribution < 1.29 is 4.74 Å². The molecular weight excluding hydrogens is 254 g/mol. The minimum Gasteiger partial charge on any atom is -0.497 e. The van der Waals surface area contributed by atoms with E-state index in [0.29, 0.717) is 11.4 Å². The maximum Gasteiger partial charge on any atom is 0.175 e. The van der Waals surface area contributed by atoms with E-state index in [2.05, 4.69) is 16.2 Å². The van der Waals surface area contributed by atoms with Crippen LogP contribution in [0.5, 0.6) is 5.75 Å². The maximum atomic E-state index is 9.12. The van der Waals surface area contributed by atoms with Gasteiger partial charge in [0.25, 0.3) is 0 Å². The Morgan fingerprint density at radius 2 is 2.05 bits per heavy atom. The second kappa shape index (κ2) is 5.89. The van der Waals surface area contributed by atoms with Gasteiger partial charge in [0.15, 0.2) is 5.82 Å². The summed E-state index contributed by atoms with van der Waals surface area (Å²) in [4.78, 5) is 6.10. The summed E-state index contributed by atoms with van der Waals surface area (Å²) in [6.45, 7) is 0. The highest BCUT2D eigenvalue weighted by Gasteiger charge is 2.11. The Balaban J connectivity index is 2.45. The molecule has 0 saturated carbocycles. The average molecular weight is 269 g/mol. The zero-order valence-corrected chi connectivity index (χ0v) is 11.6. The Morgan fingerprint density at radius 3 is 2.60 bits per heavy atom. The first-order valence-electron chi connectivity index (χ1n) is 5.99. The first-order valence-corrected chi connectivity index (χ1v) is 5.99. The van der Waals surface area contributed by atoms with Gasteiger partial charge in [-0.05, 0) is 24.3 Å². The highest BCUT2D eigenvalue weighted by Crippen LogP contribution is 2.23. The van der Waals surface area contributed by atoms with Crippen LogP contribution in [0.25, 0.3) is 5.69 Å². The predicted octanol–water partition coefficient (Wildman–Crippen LogP) is 1.97. The number of aliphatic imine (C=N–C) groups is 1. The van der Waals surface area contributed by atoms with Gasteiger partial charge < -0.3 is 9.64 Å². The summed E-state index contributed by atoms with van der Waals surface area (Å²) >= 11 is 0. The van der Waals surface area contributed by atoms with Crippen molar-refractivity contribution in [2.45, 2.75) is 0 Å². The Bertz CT molecular complexity index is 649. The minimum absolute atomic E-state index is 0.430. The Kier molecular flexibility index (Phi) is 4.01. The molecule has 0 saturated heterocycles. The summed E-state index contributed by atoms with van der Waals surface area (Å²) in [7, 11) is 5.34. The largest absolute Gasteiger partial charge is 0.497 e. The van der Waals surface area contributed by atoms with Gasteiger partial charge in [-0.3, -0.25) is 0 Å². The zero-order valence-electron chi connectivity index (χ0n) is 11.6. The van der Waals surface area contributed by atoms with Crippen LogP contribution in [0, 0.1) is 11.3 Å². The van der Waals surface area contributed by atoms with Crippen molar-refractivity contribution >= 4 is 12.2 Å². The fourth-order valence-corrected chi connectivity index (χ4v) is 1.63. The number of ether oxygens (including phenoxy) is 1. The predicted molar refractivity (Wildman–Crippen MR) is 76.7 cm³/mol. The molecule has 0 radical (unpaired) electrons. The van der Waals surface area contributed by atoms with Gasteiger partial charge in [-0.1, -0.05) is 0 Å². The molecule has 1 aromatic carbocycles. The topological polar surface area (TPSA) is 66.4 Å². The van der Waals surface area contributed by atoms with Gasteiger partial charge in [0.1, 0.15) is 17.4 Å². The molecule has 0 N–H and O–H groups in total. The molecule has 6 nitrogen and oxygen atoms in total. The van der Waals surface area contributed by atoms with E-state index in [1.165, 1.54) is 6.20 Å². The van der Waals surface area contributed by atoms with E-state index in [9.17, 15) is 0 Å². The molecule has 20 heavy (non-hydrogen) atoms. The van der Waals surface area contributed by atoms with Crippen LogP contribution >= 0.6 is 0 Å². The van der Waals surface area contributed by atoms with E-state index in [-0.39, 0.29) is 0 Å². The molecule has 0 bridgehead atoms. The molecule has 0 fully saturated rings. The molecule has 102 valence electrons. The van der Waals surface area contributed by atoms with E-state index in [0.717, 1.165) is 11.4 Å². The molecule has 0 aliphatic heterocycles. The number of hydrogen-bond donors (Lipinski definition) is 0. The van der Waals surface area contributed by atoms with E-state index >= 15 is 0 Å². The van der Waals surface area contributed by atoms with Crippen molar-refractivity contribution in [3.8, 4) is 17.5 Å². The Labute approximate surface area is 117 Å². The zero-order chi connectivity index (χ0) is 14.5. The first-order chi connectivity index (χ1) is 9.65. The first kappa shape index (κ1) is 13.6. The van der Waals surface area contributed by atoms with Crippen molar-refractivity contribution in [3.63, 3.8) is 0 Å². The van der Waals surface area contributed by atoms with Crippen LogP contribution < -0.4 is 4.74 Å². The molecule has 0 aliphatic rings. The number of aromatic nitrogens is 2. The molecule has 0 unspecified atom stereocenters. The Hall–Kier alpha value is -2.81. The number of hydrogen-bond acceptors (Lipinski definition) is 4. The van der Waals surface area contributed by atoms with Crippen LogP contribution in [0.1, 0.15) is 5.56 Å². The number of nitriles is 1. The lowest BCUT2D eigenvalue weighted by Crippen LogP contribution is -2.07. The number of rotatable bonds is 4. The summed E-state index contributed by atoms with van der Waals surface area (Å²) in [6, 6.07) is 9.49. The quantitative estimate of drug-likeness (QED) is 0.628. The molecule has 2 aromatic rings. The van der Waals surface area contributed by atoms with Crippen LogP contribution in [0.4, 0.5) is 5.82 Å². The van der Waals surface area contributed by atoms with Gasteiger partial charge in [0, 0.05) is 14.1 Å². The summed E-state index contributed by atoms with van der Waals surface area (Å²) in [6.07, 6.45) is 3.14. The van der Waals surface area contributed by atoms with Gasteiger partial charge in [-0.15, -0.1) is 0 Å². The van der Waals surface area contributed by atoms with Gasteiger partial charge in [-0.2, -0.15) is 10.4 Å². The van der Waals surface area contributed by atoms with Crippen molar-refractivity contribution in [3.05, 3.63) is 36.0 Å². The second-order valence-corrected chi connectivity index (χ2v) is 4.31. The molecule has 6 heteroatoms. The molecule has 0 amide bonds. The molecule has 1 aromatic heterocycles. The van der Waals surface area contributed by atoms with Gasteiger partial charge in [-0.25, -0.2) is 9.67 Å². The lowest BCUT2D eigenvalue weighted by Gasteiger charge is -2.07. The number of methoxy groups -OCH3 is 1. The van der Waals surface area contributed by atoms with Crippen LogP contribution in [0.15, 0.2) is 35.5 Å². The van der Waals surface area contributed by atoms with Crippen molar-refractivity contribution in [2.24, 2.45) is 4.99 Å². The molecule has 0 aliphatic carbocycles. The average Bonchev–Trinajstić information content (AvgIpc) is 2.88. The van der Waals surface area contributed by atoms with Crippen molar-refractivity contribution in [2.75, 3.05) is 21.2 Å². The third-order valence-corrected chi connectivity index (χ3v) is 2.59. The third-order valence-electron chi connectivity index (χ3n) is 2.59. The van der Waals surface area contributed by atoms with Gasteiger partial charge in [0.05, 0.1) is 25.3 Å². The SMILES string of the molecule is COc1ccc(-n2ncc(C#N)c2N=CN(C)C)cc1. The van der Waals surface area contributed by atoms with Crippen LogP contribution in [0.2, 0.25) is 0 Å². The van der Waals surface area contributed by atoms with Crippen molar-refractivity contribution in [1.29, 1.82) is 5.26 Å². The monoisotopic (exact) mass is 269 g/mol. The summed E-state index contributed by atoms with van der Waals surface area (Å²) in [5, 5.41) is 13.3. The smallest absolute Gasteiger partial charge is 0.175 e. The summed E-state index contributed by atoms with van der Waals surface area (Å²) in [5.41, 5.74) is 1.25. The number of benzene rings is 1. The normalized spacial score (nSPS) is 10.5. The fourth-order valence-electron chi connectivity index (χ4n) is 1.63. The molecule has 0 atom stereocenters. The van der Waals surface area contributed by atoms with E-state index in [4.69, 9.17) is 10.00 Å². The Morgan fingerprint density at radius 1 is 1.35 bits per heavy atom. The molecule has 2 rings (SSSR count). The lowest BCUT2D eigenvalue weighted by atomic mass is 10.3. The third kappa shape index (κ3) is 2.78. The number of nitrogens with zero attached hydrogens (tertiary/aromatic N) is 5. The van der Waals surface area contributed by atoms with E-state index in [1.54, 1.807) is 23.0 Å². The fraction of sp³-hybridized carbons (Fsp3) is 0.214. The van der Waals surface area contributed by atoms with Crippen LogP contribution in [-0.2, 0) is 0 Å². The lowest BCUT2D eigenvalue weighted by molar-refractivity contribution is 0.414. The van der Waals surface area contributed by atoms with Crippen LogP contribution in [-0.4, -0.2) is 42.2 Å². The second-order valence-electron chi connectivity index (χ2n) is 4.31. The summed E-state index contributed by atoms with van der Waals surface area (Å²) in [5.74, 6) is 1.27. The molecule has 0 spiro atoms. The van der Waals surface area contributed by atoms with Crippen LogP contribution in [0.3, 0.4) is 0 Å². The summed E-state index contributed by atoms with van der Waals surface area (Å²) < 4.78 is 6.75. The van der Waals surface area contributed by atoms with Crippen molar-refractivity contribution in [1.82, 2.24) is 14.7 Å². The molecule has 1 heterocycles. The van der Waals surface area contributed by atoms with E-state index in [1.807, 2.05) is 38.4 Å². The van der Waals surface area contributed by atoms with Gasteiger partial charge in [0.2, 0.25) is 0 Å². The minimum atomic E-state index is 0.430. The maximum absolute atomic E-state index is 9.12.